The van der Waals surface area contributed by atoms with Crippen molar-refractivity contribution in [2.45, 2.75) is 30.2 Å². The molecule has 0 unspecified atom stereocenters. The van der Waals surface area contributed by atoms with Crippen LogP contribution in [0.2, 0.25) is 0 Å². The number of benzene rings is 2. The first-order chi connectivity index (χ1) is 14.9. The van der Waals surface area contributed by atoms with Crippen LogP contribution in [0, 0.1) is 13.8 Å². The molecule has 5 rings (SSSR count). The van der Waals surface area contributed by atoms with Gasteiger partial charge in [-0.15, -0.1) is 11.3 Å². The van der Waals surface area contributed by atoms with Crippen LogP contribution in [0.1, 0.15) is 16.0 Å². The lowest BCUT2D eigenvalue weighted by Gasteiger charge is -2.08. The number of aryl methyl sites for hydroxylation is 2. The SMILES string of the molecule is Cc1ccc(S(=O)(=O)c2c(N)n(Cc3cccs3)c3nc4ccccc4nc23)cc1C. The summed E-state index contributed by atoms with van der Waals surface area (Å²) in [5, 5.41) is 1.98. The summed E-state index contributed by atoms with van der Waals surface area (Å²) in [4.78, 5) is 10.7. The molecule has 3 aromatic heterocycles. The smallest absolute Gasteiger partial charge is 0.212 e. The largest absolute Gasteiger partial charge is 0.384 e. The summed E-state index contributed by atoms with van der Waals surface area (Å²) in [5.41, 5.74) is 10.5. The zero-order valence-corrected chi connectivity index (χ0v) is 18.7. The molecule has 0 bridgehead atoms. The molecule has 0 aliphatic carbocycles. The van der Waals surface area contributed by atoms with Crippen molar-refractivity contribution in [2.24, 2.45) is 0 Å². The minimum atomic E-state index is -3.91. The summed E-state index contributed by atoms with van der Waals surface area (Å²) >= 11 is 1.58. The Bertz CT molecular complexity index is 1550. The van der Waals surface area contributed by atoms with Crippen molar-refractivity contribution in [2.75, 3.05) is 5.73 Å². The number of hydrogen-bond donors (Lipinski definition) is 1. The molecule has 2 aromatic carbocycles. The zero-order valence-electron chi connectivity index (χ0n) is 17.0. The topological polar surface area (TPSA) is 90.9 Å². The maximum Gasteiger partial charge on any atom is 0.212 e. The molecule has 0 radical (unpaired) electrons. The standard InChI is InChI=1S/C23H20N4O2S2/c1-14-9-10-17(12-15(14)2)31(28,29)21-20-23(26-19-8-4-3-7-18(19)25-20)27(22(21)24)13-16-6-5-11-30-16/h3-12H,13,24H2,1-2H3. The number of sulfone groups is 1. The van der Waals surface area contributed by atoms with Crippen molar-refractivity contribution < 1.29 is 8.42 Å². The highest BCUT2D eigenvalue weighted by atomic mass is 32.2. The summed E-state index contributed by atoms with van der Waals surface area (Å²) < 4.78 is 29.2. The van der Waals surface area contributed by atoms with Gasteiger partial charge in [-0.3, -0.25) is 0 Å². The molecule has 0 spiro atoms. The van der Waals surface area contributed by atoms with Gasteiger partial charge in [0, 0.05) is 4.88 Å². The fourth-order valence-electron chi connectivity index (χ4n) is 3.67. The van der Waals surface area contributed by atoms with Gasteiger partial charge in [0.25, 0.3) is 0 Å². The molecule has 5 aromatic rings. The van der Waals surface area contributed by atoms with E-state index in [1.165, 1.54) is 0 Å². The summed E-state index contributed by atoms with van der Waals surface area (Å²) in [6, 6.07) is 16.5. The van der Waals surface area contributed by atoms with Gasteiger partial charge in [0.2, 0.25) is 9.84 Å². The van der Waals surface area contributed by atoms with Crippen LogP contribution in [0.3, 0.4) is 0 Å². The fraction of sp³-hybridized carbons (Fsp3) is 0.130. The third-order valence-corrected chi connectivity index (χ3v) is 8.17. The molecule has 0 aliphatic rings. The molecule has 156 valence electrons. The number of nitrogens with two attached hydrogens (primary N) is 1. The predicted octanol–water partition coefficient (Wildman–Crippen LogP) is 4.73. The van der Waals surface area contributed by atoms with Gasteiger partial charge in [-0.2, -0.15) is 0 Å². The minimum Gasteiger partial charge on any atom is -0.384 e. The normalized spacial score (nSPS) is 12.1. The van der Waals surface area contributed by atoms with Crippen LogP contribution in [0.15, 0.2) is 69.8 Å². The molecule has 0 saturated carbocycles. The van der Waals surface area contributed by atoms with Crippen molar-refractivity contribution in [1.29, 1.82) is 0 Å². The van der Waals surface area contributed by atoms with E-state index in [4.69, 9.17) is 10.7 Å². The molecule has 6 nitrogen and oxygen atoms in total. The highest BCUT2D eigenvalue weighted by Gasteiger charge is 2.30. The van der Waals surface area contributed by atoms with Gasteiger partial charge in [0.1, 0.15) is 16.2 Å². The molecule has 0 saturated heterocycles. The van der Waals surface area contributed by atoms with Crippen LogP contribution in [-0.4, -0.2) is 23.0 Å². The van der Waals surface area contributed by atoms with Crippen molar-refractivity contribution in [3.8, 4) is 0 Å². The van der Waals surface area contributed by atoms with E-state index in [1.807, 2.05) is 61.7 Å². The van der Waals surface area contributed by atoms with E-state index in [1.54, 1.807) is 28.0 Å². The maximum atomic E-state index is 13.7. The first kappa shape index (κ1) is 19.7. The second kappa shape index (κ2) is 7.18. The minimum absolute atomic E-state index is 0.0144. The molecule has 0 fully saturated rings. The quantitative estimate of drug-likeness (QED) is 0.429. The second-order valence-corrected chi connectivity index (χ2v) is 10.4. The Hall–Kier alpha value is -3.23. The number of aromatic nitrogens is 3. The van der Waals surface area contributed by atoms with Gasteiger partial charge < -0.3 is 10.3 Å². The van der Waals surface area contributed by atoms with Crippen LogP contribution in [0.25, 0.3) is 22.2 Å². The van der Waals surface area contributed by atoms with Gasteiger partial charge in [0.05, 0.1) is 22.5 Å². The summed E-state index contributed by atoms with van der Waals surface area (Å²) in [6.07, 6.45) is 0. The Balaban J connectivity index is 1.83. The molecular weight excluding hydrogens is 428 g/mol. The van der Waals surface area contributed by atoms with E-state index in [0.29, 0.717) is 28.7 Å². The second-order valence-electron chi connectivity index (χ2n) is 7.51. The first-order valence-corrected chi connectivity index (χ1v) is 12.1. The van der Waals surface area contributed by atoms with Gasteiger partial charge in [0.15, 0.2) is 5.65 Å². The van der Waals surface area contributed by atoms with Crippen LogP contribution in [-0.2, 0) is 16.4 Å². The Morgan fingerprint density at radius 1 is 0.968 bits per heavy atom. The van der Waals surface area contributed by atoms with Crippen molar-refractivity contribution >= 4 is 49.2 Å². The van der Waals surface area contributed by atoms with E-state index >= 15 is 0 Å². The molecule has 0 atom stereocenters. The summed E-state index contributed by atoms with van der Waals surface area (Å²) in [5.74, 6) is 0.150. The molecule has 2 N–H and O–H groups in total. The molecular formula is C23H20N4O2S2. The Labute approximate surface area is 183 Å². The highest BCUT2D eigenvalue weighted by Crippen LogP contribution is 2.36. The number of fused-ring (bicyclic) bond motifs is 2. The Morgan fingerprint density at radius 2 is 1.71 bits per heavy atom. The van der Waals surface area contributed by atoms with Crippen molar-refractivity contribution in [1.82, 2.24) is 14.5 Å². The predicted molar refractivity (Wildman–Crippen MR) is 124 cm³/mol. The maximum absolute atomic E-state index is 13.7. The van der Waals surface area contributed by atoms with Crippen LogP contribution in [0.4, 0.5) is 5.82 Å². The number of anilines is 1. The lowest BCUT2D eigenvalue weighted by molar-refractivity contribution is 0.596. The lowest BCUT2D eigenvalue weighted by atomic mass is 10.1. The van der Waals surface area contributed by atoms with Gasteiger partial charge in [-0.1, -0.05) is 24.3 Å². The average molecular weight is 449 g/mol. The van der Waals surface area contributed by atoms with Crippen LogP contribution in [0.5, 0.6) is 0 Å². The summed E-state index contributed by atoms with van der Waals surface area (Å²) in [7, 11) is -3.91. The molecule has 0 aliphatic heterocycles. The number of thiophene rings is 1. The summed E-state index contributed by atoms with van der Waals surface area (Å²) in [6.45, 7) is 4.27. The molecule has 3 heterocycles. The van der Waals surface area contributed by atoms with Crippen LogP contribution < -0.4 is 5.73 Å². The first-order valence-electron chi connectivity index (χ1n) is 9.75. The Kier molecular flexibility index (Phi) is 4.56. The molecule has 8 heteroatoms. The highest BCUT2D eigenvalue weighted by molar-refractivity contribution is 7.92. The third-order valence-electron chi connectivity index (χ3n) is 5.50. The Morgan fingerprint density at radius 3 is 2.39 bits per heavy atom. The van der Waals surface area contributed by atoms with Crippen molar-refractivity contribution in [3.05, 3.63) is 76.0 Å². The van der Waals surface area contributed by atoms with Gasteiger partial charge in [-0.05, 0) is 60.7 Å². The monoisotopic (exact) mass is 448 g/mol. The van der Waals surface area contributed by atoms with E-state index in [9.17, 15) is 8.42 Å². The van der Waals surface area contributed by atoms with Gasteiger partial charge >= 0.3 is 0 Å². The van der Waals surface area contributed by atoms with Gasteiger partial charge in [-0.25, -0.2) is 18.4 Å². The fourth-order valence-corrected chi connectivity index (χ4v) is 5.96. The third kappa shape index (κ3) is 3.19. The molecule has 0 amide bonds. The van der Waals surface area contributed by atoms with Crippen molar-refractivity contribution in [3.63, 3.8) is 0 Å². The zero-order chi connectivity index (χ0) is 21.8. The average Bonchev–Trinajstić information content (AvgIpc) is 3.35. The number of hydrogen-bond acceptors (Lipinski definition) is 6. The van der Waals surface area contributed by atoms with Crippen LogP contribution >= 0.6 is 11.3 Å². The number of para-hydroxylation sites is 2. The number of rotatable bonds is 4. The van der Waals surface area contributed by atoms with E-state index < -0.39 is 9.84 Å². The molecule has 31 heavy (non-hydrogen) atoms. The van der Waals surface area contributed by atoms with E-state index in [0.717, 1.165) is 16.0 Å². The van der Waals surface area contributed by atoms with E-state index in [-0.39, 0.29) is 15.6 Å². The van der Waals surface area contributed by atoms with E-state index in [2.05, 4.69) is 4.98 Å². The number of nitrogens with zero attached hydrogens (tertiary/aromatic N) is 3. The number of nitrogen functional groups attached to an aromatic ring is 1. The lowest BCUT2D eigenvalue weighted by Crippen LogP contribution is -2.08.